The zero-order valence-corrected chi connectivity index (χ0v) is 42.8. The first-order chi connectivity index (χ1) is 38.7. The Kier molecular flexibility index (Phi) is 18.7. The first kappa shape index (κ1) is 58.1. The summed E-state index contributed by atoms with van der Waals surface area (Å²) < 4.78 is 27.2. The minimum Gasteiger partial charge on any atom is -0.504 e. The summed E-state index contributed by atoms with van der Waals surface area (Å²) in [5.74, 6) is -11.5. The van der Waals surface area contributed by atoms with Crippen molar-refractivity contribution in [3.05, 3.63) is 107 Å². The largest absolute Gasteiger partial charge is 0.504 e. The van der Waals surface area contributed by atoms with E-state index in [0.29, 0.717) is 0 Å². The Labute approximate surface area is 457 Å². The summed E-state index contributed by atoms with van der Waals surface area (Å²) in [6.45, 7) is -0.713. The van der Waals surface area contributed by atoms with E-state index in [1.54, 1.807) is 11.0 Å². The lowest BCUT2D eigenvalue weighted by Gasteiger charge is -2.35. The Morgan fingerprint density at radius 1 is 0.704 bits per heavy atom. The summed E-state index contributed by atoms with van der Waals surface area (Å²) in [6, 6.07) is 11.2. The summed E-state index contributed by atoms with van der Waals surface area (Å²) in [4.78, 5) is 121. The van der Waals surface area contributed by atoms with Crippen LogP contribution in [-0.4, -0.2) is 181 Å². The van der Waals surface area contributed by atoms with Crippen molar-refractivity contribution >= 4 is 64.9 Å². The molecule has 2 aliphatic rings. The lowest BCUT2D eigenvalue weighted by molar-refractivity contribution is -0.125. The van der Waals surface area contributed by atoms with Crippen LogP contribution < -0.4 is 47.0 Å². The van der Waals surface area contributed by atoms with E-state index in [0.717, 1.165) is 35.0 Å². The number of benzene rings is 4. The van der Waals surface area contributed by atoms with Gasteiger partial charge in [-0.25, -0.2) is 18.7 Å². The van der Waals surface area contributed by atoms with Gasteiger partial charge in [-0.05, 0) is 54.6 Å². The van der Waals surface area contributed by atoms with E-state index in [9.17, 15) is 73.8 Å². The molecular weight excluding hydrogens is 1070 g/mol. The molecule has 31 heteroatoms. The SMILES string of the molecule is CC(=O)NC[C@H]1CN(c2ccc(N3CCN(C(=O)OCn4cc(CNC(=O)[C@H](CNC(=O)[C@H](CNC(=O)CNC(=O)c5cccc(O)c5O)NC(=O)c5cccc(O)c5O)NC(=O)c5cccc(O)c5O)nn4)CC3)c(F)c2)C(=O)O1. The molecule has 0 aliphatic carbocycles. The molecule has 0 spiro atoms. The van der Waals surface area contributed by atoms with Crippen molar-refractivity contribution in [2.75, 3.05) is 68.7 Å². The van der Waals surface area contributed by atoms with Gasteiger partial charge < -0.3 is 87.1 Å². The number of aromatic hydroxyl groups is 6. The van der Waals surface area contributed by atoms with Crippen LogP contribution in [0.25, 0.3) is 0 Å². The fourth-order valence-corrected chi connectivity index (χ4v) is 8.04. The van der Waals surface area contributed by atoms with E-state index >= 15 is 4.39 Å². The van der Waals surface area contributed by atoms with Crippen LogP contribution in [0.15, 0.2) is 79.0 Å². The molecule has 428 valence electrons. The van der Waals surface area contributed by atoms with Gasteiger partial charge in [0.15, 0.2) is 41.2 Å². The number of carbonyl (C=O) groups excluding carboxylic acids is 9. The molecule has 81 heavy (non-hydrogen) atoms. The highest BCUT2D eigenvalue weighted by Crippen LogP contribution is 2.31. The number of para-hydroxylation sites is 3. The average Bonchev–Trinajstić information content (AvgIpc) is 4.08. The van der Waals surface area contributed by atoms with Gasteiger partial charge in [0.1, 0.15) is 29.7 Å². The maximum Gasteiger partial charge on any atom is 0.414 e. The molecule has 3 atom stereocenters. The molecule has 3 heterocycles. The number of rotatable bonds is 21. The van der Waals surface area contributed by atoms with Gasteiger partial charge in [-0.15, -0.1) is 5.10 Å². The second kappa shape index (κ2) is 26.2. The highest BCUT2D eigenvalue weighted by Gasteiger charge is 2.34. The van der Waals surface area contributed by atoms with Crippen LogP contribution in [0, 0.1) is 5.82 Å². The van der Waals surface area contributed by atoms with Crippen LogP contribution in [0.4, 0.5) is 25.4 Å². The molecule has 2 fully saturated rings. The van der Waals surface area contributed by atoms with E-state index in [4.69, 9.17) is 9.47 Å². The number of anilines is 2. The fraction of sp³-hybridized carbons (Fsp3) is 0.300. The van der Waals surface area contributed by atoms with Crippen molar-refractivity contribution in [1.82, 2.24) is 57.1 Å². The van der Waals surface area contributed by atoms with Crippen molar-refractivity contribution in [3.8, 4) is 34.5 Å². The molecule has 5 aromatic rings. The number of cyclic esters (lactones) is 1. The van der Waals surface area contributed by atoms with Crippen LogP contribution in [0.3, 0.4) is 0 Å². The fourth-order valence-electron chi connectivity index (χ4n) is 8.04. The molecule has 0 bridgehead atoms. The van der Waals surface area contributed by atoms with E-state index in [1.807, 2.05) is 0 Å². The Morgan fingerprint density at radius 3 is 1.83 bits per heavy atom. The number of halogens is 1. The van der Waals surface area contributed by atoms with Gasteiger partial charge in [0, 0.05) is 46.2 Å². The highest BCUT2D eigenvalue weighted by molar-refractivity contribution is 6.02. The first-order valence-electron chi connectivity index (χ1n) is 24.5. The number of amides is 9. The van der Waals surface area contributed by atoms with Crippen LogP contribution in [0.5, 0.6) is 34.5 Å². The summed E-state index contributed by atoms with van der Waals surface area (Å²) in [5, 5.41) is 85.0. The number of nitrogens with zero attached hydrogens (tertiary/aromatic N) is 6. The van der Waals surface area contributed by atoms with Crippen molar-refractivity contribution in [2.45, 2.75) is 38.4 Å². The maximum atomic E-state index is 15.4. The smallest absolute Gasteiger partial charge is 0.414 e. The zero-order chi connectivity index (χ0) is 58.5. The van der Waals surface area contributed by atoms with Gasteiger partial charge in [-0.2, -0.15) is 0 Å². The van der Waals surface area contributed by atoms with E-state index in [-0.39, 0.29) is 74.4 Å². The molecule has 7 rings (SSSR count). The third-order valence-corrected chi connectivity index (χ3v) is 12.3. The van der Waals surface area contributed by atoms with Crippen molar-refractivity contribution in [2.24, 2.45) is 0 Å². The van der Waals surface area contributed by atoms with Crippen LogP contribution in [0.1, 0.15) is 43.7 Å². The minimum atomic E-state index is -1.74. The normalized spacial score (nSPS) is 14.6. The Morgan fingerprint density at radius 2 is 1.26 bits per heavy atom. The number of hydrogen-bond donors (Lipinski definition) is 13. The third-order valence-electron chi connectivity index (χ3n) is 12.3. The van der Waals surface area contributed by atoms with Gasteiger partial charge in [0.2, 0.25) is 23.6 Å². The standard InChI is InChI=1S/C50H54FN13O17/c1-26(65)52-19-29-24-64(50(79)81-29)28-11-12-36(33(51)17-28)61-13-15-62(16-14-61)49(78)80-25-63-23-27(59-60-63)18-54-47(76)35(58-46(75)32-7-4-10-39(68)43(32)72)21-55-48(77)34(57-45(74)31-6-3-9-38(67)42(31)71)20-53-40(69)22-56-44(73)30-5-2-8-37(66)41(30)70/h2-12,17,23,29,34-35,66-68,70-72H,13-16,18-22,24-25H2,1H3,(H,52,65)(H,53,69)(H,54,76)(H,55,77)(H,56,73)(H,57,74)(H,58,75)/t29-,34-,35-/m0/s1. The summed E-state index contributed by atoms with van der Waals surface area (Å²) >= 11 is 0. The molecule has 30 nitrogen and oxygen atoms in total. The summed E-state index contributed by atoms with van der Waals surface area (Å²) in [5.41, 5.74) is -0.728. The highest BCUT2D eigenvalue weighted by atomic mass is 19.1. The predicted molar refractivity (Wildman–Crippen MR) is 275 cm³/mol. The Balaban J connectivity index is 0.939. The molecule has 0 radical (unpaired) electrons. The van der Waals surface area contributed by atoms with Crippen LogP contribution in [0.2, 0.25) is 0 Å². The summed E-state index contributed by atoms with van der Waals surface area (Å²) in [6.07, 6.45) is -0.699. The number of phenolic OH excluding ortho intramolecular Hbond substituents is 6. The number of hydrogen-bond acceptors (Lipinski definition) is 20. The van der Waals surface area contributed by atoms with Gasteiger partial charge in [0.05, 0.1) is 60.4 Å². The first-order valence-corrected chi connectivity index (χ1v) is 24.5. The molecule has 4 aromatic carbocycles. The van der Waals surface area contributed by atoms with Gasteiger partial charge in [-0.3, -0.25) is 38.5 Å². The van der Waals surface area contributed by atoms with Crippen molar-refractivity contribution in [1.29, 1.82) is 0 Å². The number of ether oxygens (including phenoxy) is 2. The van der Waals surface area contributed by atoms with Crippen molar-refractivity contribution in [3.63, 3.8) is 0 Å². The molecule has 2 saturated heterocycles. The molecule has 0 saturated carbocycles. The lowest BCUT2D eigenvalue weighted by Crippen LogP contribution is -2.57. The molecule has 0 unspecified atom stereocenters. The predicted octanol–water partition coefficient (Wildman–Crippen LogP) is -1.10. The van der Waals surface area contributed by atoms with Gasteiger partial charge in [0.25, 0.3) is 17.7 Å². The average molecular weight is 1130 g/mol. The molecule has 9 amide bonds. The minimum absolute atomic E-state index is 0.107. The van der Waals surface area contributed by atoms with E-state index in [2.05, 4.69) is 47.5 Å². The number of aromatic nitrogens is 3. The summed E-state index contributed by atoms with van der Waals surface area (Å²) in [7, 11) is 0. The number of phenols is 6. The zero-order valence-electron chi connectivity index (χ0n) is 42.8. The third kappa shape index (κ3) is 14.9. The quantitative estimate of drug-likeness (QED) is 0.0388. The van der Waals surface area contributed by atoms with Crippen LogP contribution in [-0.2, 0) is 41.9 Å². The van der Waals surface area contributed by atoms with E-state index < -0.39 is 144 Å². The Hall–Kier alpha value is -10.6. The Bertz CT molecular complexity index is 3230. The van der Waals surface area contributed by atoms with E-state index in [1.165, 1.54) is 59.3 Å². The topological polar surface area (TPSA) is 418 Å². The number of nitrogens with one attached hydrogen (secondary N) is 7. The second-order valence-corrected chi connectivity index (χ2v) is 18.0. The maximum absolute atomic E-state index is 15.4. The molecule has 13 N–H and O–H groups in total. The number of carbonyl (C=O) groups is 9. The number of piperazine rings is 1. The monoisotopic (exact) mass is 1130 g/mol. The second-order valence-electron chi connectivity index (χ2n) is 18.0. The van der Waals surface area contributed by atoms with Crippen LogP contribution >= 0.6 is 0 Å². The molecular formula is C50H54FN13O17. The van der Waals surface area contributed by atoms with Gasteiger partial charge >= 0.3 is 12.2 Å². The lowest BCUT2D eigenvalue weighted by atomic mass is 10.1. The molecule has 1 aromatic heterocycles. The molecule has 2 aliphatic heterocycles. The van der Waals surface area contributed by atoms with Crippen molar-refractivity contribution < 1.29 is 87.7 Å². The van der Waals surface area contributed by atoms with Gasteiger partial charge in [-0.1, -0.05) is 23.4 Å².